The van der Waals surface area contributed by atoms with Crippen LogP contribution < -0.4 is 20.5 Å². The van der Waals surface area contributed by atoms with Gasteiger partial charge in [0.1, 0.15) is 11.6 Å². The number of aryl methyl sites for hydroxylation is 1. The Bertz CT molecular complexity index is 1330. The summed E-state index contributed by atoms with van der Waals surface area (Å²) in [6.07, 6.45) is 5.42. The number of ether oxygens (including phenoxy) is 2. The molecule has 2 aromatic heterocycles. The van der Waals surface area contributed by atoms with Crippen molar-refractivity contribution in [2.75, 3.05) is 23.3 Å². The van der Waals surface area contributed by atoms with Crippen LogP contribution >= 0.6 is 11.6 Å². The predicted molar refractivity (Wildman–Crippen MR) is 131 cm³/mol. The number of benzene rings is 1. The second-order valence-electron chi connectivity index (χ2n) is 8.85. The van der Waals surface area contributed by atoms with E-state index in [0.717, 1.165) is 12.8 Å². The molecule has 5 rings (SSSR count). The van der Waals surface area contributed by atoms with Gasteiger partial charge in [0.25, 0.3) is 11.5 Å². The number of halogens is 3. The van der Waals surface area contributed by atoms with Crippen molar-refractivity contribution in [2.45, 2.75) is 30.6 Å². The van der Waals surface area contributed by atoms with Gasteiger partial charge in [-0.05, 0) is 54.8 Å². The van der Waals surface area contributed by atoms with Crippen molar-refractivity contribution in [3.05, 3.63) is 70.8 Å². The molecule has 2 unspecified atom stereocenters. The van der Waals surface area contributed by atoms with E-state index >= 15 is 0 Å². The molecule has 0 aliphatic carbocycles. The number of rotatable bonds is 6. The number of morpholine rings is 1. The molecular weight excluding hydrogens is 494 g/mol. The predicted octanol–water partition coefficient (Wildman–Crippen LogP) is 4.24. The van der Waals surface area contributed by atoms with Crippen LogP contribution in [0.2, 0.25) is 0 Å². The van der Waals surface area contributed by atoms with Gasteiger partial charge in [0.2, 0.25) is 0 Å². The maximum absolute atomic E-state index is 13.0. The van der Waals surface area contributed by atoms with Crippen LogP contribution in [0, 0.1) is 0 Å². The molecule has 2 aliphatic rings. The van der Waals surface area contributed by atoms with Gasteiger partial charge in [0.15, 0.2) is 0 Å². The number of alkyl halides is 3. The van der Waals surface area contributed by atoms with Crippen molar-refractivity contribution < 1.29 is 23.0 Å². The van der Waals surface area contributed by atoms with Crippen LogP contribution in [0.5, 0.6) is 5.75 Å². The first-order chi connectivity index (χ1) is 17.1. The number of hydrogen-bond donors (Lipinski definition) is 1. The van der Waals surface area contributed by atoms with E-state index in [2.05, 4.69) is 19.9 Å². The Morgan fingerprint density at radius 2 is 1.86 bits per heavy atom. The van der Waals surface area contributed by atoms with E-state index in [1.807, 2.05) is 6.07 Å². The molecule has 0 saturated carbocycles. The number of carbonyl (C=O) groups is 1. The van der Waals surface area contributed by atoms with E-state index in [4.69, 9.17) is 16.3 Å². The van der Waals surface area contributed by atoms with Crippen molar-refractivity contribution in [2.24, 2.45) is 7.05 Å². The highest BCUT2D eigenvalue weighted by atomic mass is 35.5. The molecule has 36 heavy (non-hydrogen) atoms. The minimum absolute atomic E-state index is 0.135. The summed E-state index contributed by atoms with van der Waals surface area (Å²) in [7, 11) is 1.67. The summed E-state index contributed by atoms with van der Waals surface area (Å²) in [6.45, 7) is 1.37. The normalized spacial score (nSPS) is 19.3. The fourth-order valence-electron chi connectivity index (χ4n) is 4.49. The molecule has 1 aromatic carbocycles. The van der Waals surface area contributed by atoms with Gasteiger partial charge in [-0.2, -0.15) is 0 Å². The van der Waals surface area contributed by atoms with E-state index in [1.54, 1.807) is 19.3 Å². The molecule has 2 bridgehead atoms. The Morgan fingerprint density at radius 1 is 1.17 bits per heavy atom. The third-order valence-corrected chi connectivity index (χ3v) is 6.31. The van der Waals surface area contributed by atoms with E-state index in [-0.39, 0.29) is 29.1 Å². The molecule has 2 atom stereocenters. The van der Waals surface area contributed by atoms with Gasteiger partial charge >= 0.3 is 5.57 Å². The first kappa shape index (κ1) is 24.2. The molecule has 0 radical (unpaired) electrons. The number of carbonyl (C=O) groups excluding carboxylic acids is 1. The van der Waals surface area contributed by atoms with Crippen molar-refractivity contribution in [1.29, 1.82) is 0 Å². The molecule has 1 amide bonds. The highest BCUT2D eigenvalue weighted by Gasteiger charge is 2.35. The van der Waals surface area contributed by atoms with Crippen LogP contribution in [0.3, 0.4) is 0 Å². The molecule has 8 nitrogen and oxygen atoms in total. The third-order valence-electron chi connectivity index (χ3n) is 6.23. The monoisotopic (exact) mass is 516 g/mol. The number of anilines is 2. The Morgan fingerprint density at radius 3 is 2.50 bits per heavy atom. The minimum Gasteiger partial charge on any atom is -0.420 e. The number of nitrogens with zero attached hydrogens (tertiary/aromatic N) is 3. The maximum atomic E-state index is 13.0. The molecule has 11 heteroatoms. The van der Waals surface area contributed by atoms with E-state index in [1.165, 1.54) is 41.1 Å². The molecule has 2 saturated heterocycles. The highest BCUT2D eigenvalue weighted by molar-refractivity contribution is 6.20. The summed E-state index contributed by atoms with van der Waals surface area (Å²) in [5.74, 6) is 0.0903. The average Bonchev–Trinajstić information content (AvgIpc) is 3.18. The molecule has 3 aromatic rings. The van der Waals surface area contributed by atoms with Crippen LogP contribution in [0.1, 0.15) is 23.2 Å². The fourth-order valence-corrected chi connectivity index (χ4v) is 4.58. The van der Waals surface area contributed by atoms with E-state index < -0.39 is 11.5 Å². The summed E-state index contributed by atoms with van der Waals surface area (Å²) in [4.78, 5) is 32.1. The van der Waals surface area contributed by atoms with Crippen molar-refractivity contribution >= 4 is 29.0 Å². The second-order valence-corrected chi connectivity index (χ2v) is 9.29. The SMILES string of the molecule is Cn1ccc(-c2cc(C(=O)Nc3ccc(OC(F)(F)Cl)cc3)cnc2N2CC3CCC(C2)O3)cc1=O. The third kappa shape index (κ3) is 5.34. The fraction of sp³-hybridized carbons (Fsp3) is 0.320. The summed E-state index contributed by atoms with van der Waals surface area (Å²) in [5, 5.41) is 2.72. The zero-order chi connectivity index (χ0) is 25.4. The Kier molecular flexibility index (Phi) is 6.40. The zero-order valence-electron chi connectivity index (χ0n) is 19.3. The topological polar surface area (TPSA) is 85.7 Å². The largest absolute Gasteiger partial charge is 0.487 e. The number of amides is 1. The number of fused-ring (bicyclic) bond motifs is 2. The highest BCUT2D eigenvalue weighted by Crippen LogP contribution is 2.35. The number of pyridine rings is 2. The molecule has 188 valence electrons. The van der Waals surface area contributed by atoms with Gasteiger partial charge in [-0.1, -0.05) is 0 Å². The van der Waals surface area contributed by atoms with Crippen LogP contribution in [-0.2, 0) is 11.8 Å². The van der Waals surface area contributed by atoms with E-state index in [9.17, 15) is 18.4 Å². The summed E-state index contributed by atoms with van der Waals surface area (Å²) >= 11 is 4.78. The summed E-state index contributed by atoms with van der Waals surface area (Å²) < 4.78 is 37.3. The lowest BCUT2D eigenvalue weighted by atomic mass is 10.0. The van der Waals surface area contributed by atoms with E-state index in [0.29, 0.717) is 35.7 Å². The molecule has 2 fully saturated rings. The first-order valence-corrected chi connectivity index (χ1v) is 11.8. The minimum atomic E-state index is -3.83. The second kappa shape index (κ2) is 9.51. The maximum Gasteiger partial charge on any atom is 0.487 e. The number of nitrogens with one attached hydrogen (secondary N) is 1. The van der Waals surface area contributed by atoms with Crippen molar-refractivity contribution in [1.82, 2.24) is 9.55 Å². The van der Waals surface area contributed by atoms with Crippen LogP contribution in [-0.4, -0.2) is 46.3 Å². The Hall–Kier alpha value is -3.50. The lowest BCUT2D eigenvalue weighted by molar-refractivity contribution is -0.0964. The molecule has 0 spiro atoms. The summed E-state index contributed by atoms with van der Waals surface area (Å²) in [5.41, 5.74) is -2.05. The van der Waals surface area contributed by atoms with Gasteiger partial charge < -0.3 is 24.3 Å². The molecule has 2 aliphatic heterocycles. The van der Waals surface area contributed by atoms with Crippen molar-refractivity contribution in [3.8, 4) is 16.9 Å². The average molecular weight is 517 g/mol. The smallest absolute Gasteiger partial charge is 0.420 e. The molecular formula is C25H23ClF2N4O4. The quantitative estimate of drug-likeness (QED) is 0.493. The number of aromatic nitrogens is 2. The lowest BCUT2D eigenvalue weighted by Crippen LogP contribution is -2.43. The van der Waals surface area contributed by atoms with Gasteiger partial charge in [-0.25, -0.2) is 4.98 Å². The van der Waals surface area contributed by atoms with Gasteiger partial charge in [-0.3, -0.25) is 9.59 Å². The van der Waals surface area contributed by atoms with Gasteiger partial charge in [0, 0.05) is 61.4 Å². The lowest BCUT2D eigenvalue weighted by Gasteiger charge is -2.34. The van der Waals surface area contributed by atoms with Gasteiger partial charge in [0.05, 0.1) is 17.8 Å². The van der Waals surface area contributed by atoms with Gasteiger partial charge in [-0.15, -0.1) is 8.78 Å². The van der Waals surface area contributed by atoms with Crippen molar-refractivity contribution in [3.63, 3.8) is 0 Å². The van der Waals surface area contributed by atoms with Crippen LogP contribution in [0.15, 0.2) is 59.7 Å². The zero-order valence-corrected chi connectivity index (χ0v) is 20.0. The standard InChI is InChI=1S/C25H23ClF2N4O4/c1-31-9-8-15(11-22(31)33)21-10-16(12-29-23(21)32-13-19-6-7-20(14-32)35-19)24(34)30-17-2-4-18(5-3-17)36-25(26,27)28/h2-5,8-12,19-20H,6-7,13-14H2,1H3,(H,30,34). The first-order valence-electron chi connectivity index (χ1n) is 11.4. The van der Waals surface area contributed by atoms with Crippen LogP contribution in [0.4, 0.5) is 20.3 Å². The Labute approximate surface area is 210 Å². The Balaban J connectivity index is 1.43. The molecule has 4 heterocycles. The van der Waals surface area contributed by atoms with Crippen LogP contribution in [0.25, 0.3) is 11.1 Å². The summed E-state index contributed by atoms with van der Waals surface area (Å²) in [6, 6.07) is 10.4. The number of hydrogen-bond acceptors (Lipinski definition) is 6. The molecule has 1 N–H and O–H groups in total.